The standard InChI is InChI=1S/C16H21N3O2S2/c1-3-4-9-21-15(20)11(2)23-16-18-17-14(13-6-5-10-22-13)19(16)12-7-8-12/h5-6,10-12H,3-4,7-9H2,1-2H3. The Hall–Kier alpha value is -1.34. The molecule has 5 nitrogen and oxygen atoms in total. The van der Waals surface area contributed by atoms with Crippen LogP contribution >= 0.6 is 23.1 Å². The highest BCUT2D eigenvalue weighted by atomic mass is 32.2. The third kappa shape index (κ3) is 3.95. The van der Waals surface area contributed by atoms with Gasteiger partial charge in [-0.2, -0.15) is 0 Å². The van der Waals surface area contributed by atoms with E-state index in [-0.39, 0.29) is 11.2 Å². The van der Waals surface area contributed by atoms with Crippen molar-refractivity contribution in [3.8, 4) is 10.7 Å². The van der Waals surface area contributed by atoms with Crippen molar-refractivity contribution >= 4 is 29.1 Å². The van der Waals surface area contributed by atoms with E-state index in [1.54, 1.807) is 11.3 Å². The molecule has 7 heteroatoms. The lowest BCUT2D eigenvalue weighted by Crippen LogP contribution is -2.18. The Morgan fingerprint density at radius 2 is 2.35 bits per heavy atom. The minimum absolute atomic E-state index is 0.175. The van der Waals surface area contributed by atoms with E-state index in [9.17, 15) is 4.79 Å². The number of thioether (sulfide) groups is 1. The lowest BCUT2D eigenvalue weighted by molar-refractivity contribution is -0.142. The van der Waals surface area contributed by atoms with E-state index < -0.39 is 0 Å². The lowest BCUT2D eigenvalue weighted by Gasteiger charge is -2.12. The number of hydrogen-bond donors (Lipinski definition) is 0. The van der Waals surface area contributed by atoms with Gasteiger partial charge < -0.3 is 4.74 Å². The van der Waals surface area contributed by atoms with Gasteiger partial charge in [0.15, 0.2) is 11.0 Å². The van der Waals surface area contributed by atoms with Crippen LogP contribution < -0.4 is 0 Å². The van der Waals surface area contributed by atoms with E-state index in [4.69, 9.17) is 4.74 Å². The smallest absolute Gasteiger partial charge is 0.319 e. The summed E-state index contributed by atoms with van der Waals surface area (Å²) in [6, 6.07) is 4.55. The van der Waals surface area contributed by atoms with Crippen LogP contribution in [0, 0.1) is 0 Å². The van der Waals surface area contributed by atoms with E-state index in [0.29, 0.717) is 12.6 Å². The van der Waals surface area contributed by atoms with Crippen LogP contribution in [0.15, 0.2) is 22.7 Å². The average molecular weight is 351 g/mol. The number of ether oxygens (including phenoxy) is 1. The summed E-state index contributed by atoms with van der Waals surface area (Å²) in [7, 11) is 0. The Balaban J connectivity index is 1.72. The SMILES string of the molecule is CCCCOC(=O)C(C)Sc1nnc(-c2cccs2)n1C1CC1. The summed E-state index contributed by atoms with van der Waals surface area (Å²) in [6.07, 6.45) is 4.23. The monoisotopic (exact) mass is 351 g/mol. The Morgan fingerprint density at radius 3 is 3.00 bits per heavy atom. The van der Waals surface area contributed by atoms with Crippen molar-refractivity contribution < 1.29 is 9.53 Å². The maximum absolute atomic E-state index is 12.1. The van der Waals surface area contributed by atoms with Crippen molar-refractivity contribution in [1.82, 2.24) is 14.8 Å². The minimum atomic E-state index is -0.273. The molecule has 1 aliphatic rings. The third-order valence-electron chi connectivity index (χ3n) is 3.67. The van der Waals surface area contributed by atoms with E-state index in [0.717, 1.165) is 41.5 Å². The Labute approximate surface area is 144 Å². The molecule has 23 heavy (non-hydrogen) atoms. The number of unbranched alkanes of at least 4 members (excludes halogenated alkanes) is 1. The van der Waals surface area contributed by atoms with Gasteiger partial charge in [-0.1, -0.05) is 31.2 Å². The molecule has 2 heterocycles. The number of nitrogens with zero attached hydrogens (tertiary/aromatic N) is 3. The zero-order valence-electron chi connectivity index (χ0n) is 13.4. The number of esters is 1. The normalized spacial score (nSPS) is 15.6. The molecule has 0 aliphatic heterocycles. The minimum Gasteiger partial charge on any atom is -0.465 e. The van der Waals surface area contributed by atoms with Gasteiger partial charge in [0.25, 0.3) is 0 Å². The summed E-state index contributed by atoms with van der Waals surface area (Å²) in [6.45, 7) is 4.45. The summed E-state index contributed by atoms with van der Waals surface area (Å²) in [4.78, 5) is 13.2. The van der Waals surface area contributed by atoms with Gasteiger partial charge in [0, 0.05) is 6.04 Å². The van der Waals surface area contributed by atoms with Crippen molar-refractivity contribution in [3.63, 3.8) is 0 Å². The van der Waals surface area contributed by atoms with Gasteiger partial charge in [-0.25, -0.2) is 0 Å². The molecule has 1 unspecified atom stereocenters. The van der Waals surface area contributed by atoms with E-state index >= 15 is 0 Å². The number of rotatable bonds is 8. The van der Waals surface area contributed by atoms with Gasteiger partial charge in [-0.3, -0.25) is 9.36 Å². The first kappa shape index (κ1) is 16.5. The van der Waals surface area contributed by atoms with Crippen molar-refractivity contribution in [2.45, 2.75) is 56.0 Å². The highest BCUT2D eigenvalue weighted by molar-refractivity contribution is 8.00. The van der Waals surface area contributed by atoms with Crippen LogP contribution in [0.4, 0.5) is 0 Å². The fraction of sp³-hybridized carbons (Fsp3) is 0.562. The van der Waals surface area contributed by atoms with Crippen LogP contribution in [-0.2, 0) is 9.53 Å². The summed E-state index contributed by atoms with van der Waals surface area (Å²) >= 11 is 3.11. The number of hydrogen-bond acceptors (Lipinski definition) is 6. The van der Waals surface area contributed by atoms with Gasteiger partial charge in [-0.05, 0) is 37.6 Å². The Bertz CT molecular complexity index is 650. The summed E-state index contributed by atoms with van der Waals surface area (Å²) < 4.78 is 7.48. The molecule has 0 saturated heterocycles. The molecular weight excluding hydrogens is 330 g/mol. The molecule has 0 radical (unpaired) electrons. The first-order valence-corrected chi connectivity index (χ1v) is 9.78. The molecule has 1 atom stereocenters. The van der Waals surface area contributed by atoms with Crippen LogP contribution in [0.2, 0.25) is 0 Å². The molecular formula is C16H21N3O2S2. The number of carbonyl (C=O) groups is 1. The summed E-state index contributed by atoms with van der Waals surface area (Å²) in [5.41, 5.74) is 0. The van der Waals surface area contributed by atoms with Crippen LogP contribution in [0.3, 0.4) is 0 Å². The molecule has 0 N–H and O–H groups in total. The van der Waals surface area contributed by atoms with Crippen molar-refractivity contribution in [3.05, 3.63) is 17.5 Å². The van der Waals surface area contributed by atoms with E-state index in [1.165, 1.54) is 11.8 Å². The zero-order chi connectivity index (χ0) is 16.2. The van der Waals surface area contributed by atoms with Gasteiger partial charge in [-0.15, -0.1) is 21.5 Å². The second-order valence-corrected chi connectivity index (χ2v) is 7.92. The molecule has 0 aromatic carbocycles. The first-order valence-electron chi connectivity index (χ1n) is 8.02. The van der Waals surface area contributed by atoms with E-state index in [1.807, 2.05) is 18.4 Å². The number of thiophene rings is 1. The van der Waals surface area contributed by atoms with Gasteiger partial charge >= 0.3 is 5.97 Å². The highest BCUT2D eigenvalue weighted by Crippen LogP contribution is 2.42. The van der Waals surface area contributed by atoms with Crippen molar-refractivity contribution in [2.24, 2.45) is 0 Å². The quantitative estimate of drug-likeness (QED) is 0.406. The van der Waals surface area contributed by atoms with Crippen molar-refractivity contribution in [1.29, 1.82) is 0 Å². The van der Waals surface area contributed by atoms with Crippen LogP contribution in [0.5, 0.6) is 0 Å². The Morgan fingerprint density at radius 1 is 1.52 bits per heavy atom. The summed E-state index contributed by atoms with van der Waals surface area (Å²) in [5.74, 6) is 0.739. The topological polar surface area (TPSA) is 57.0 Å². The fourth-order valence-corrected chi connectivity index (χ4v) is 3.86. The maximum Gasteiger partial charge on any atom is 0.319 e. The highest BCUT2D eigenvalue weighted by Gasteiger charge is 2.32. The van der Waals surface area contributed by atoms with Crippen LogP contribution in [-0.4, -0.2) is 32.6 Å². The zero-order valence-corrected chi connectivity index (χ0v) is 15.0. The molecule has 1 saturated carbocycles. The van der Waals surface area contributed by atoms with Gasteiger partial charge in [0.2, 0.25) is 0 Å². The van der Waals surface area contributed by atoms with Gasteiger partial charge in [0.1, 0.15) is 5.25 Å². The molecule has 2 aromatic heterocycles. The second kappa shape index (κ2) is 7.49. The third-order valence-corrected chi connectivity index (χ3v) is 5.58. The van der Waals surface area contributed by atoms with E-state index in [2.05, 4.69) is 27.8 Å². The van der Waals surface area contributed by atoms with Crippen LogP contribution in [0.25, 0.3) is 10.7 Å². The predicted octanol–water partition coefficient (Wildman–Crippen LogP) is 4.17. The molecule has 3 rings (SSSR count). The molecule has 0 amide bonds. The van der Waals surface area contributed by atoms with Crippen molar-refractivity contribution in [2.75, 3.05) is 6.61 Å². The van der Waals surface area contributed by atoms with Crippen LogP contribution in [0.1, 0.15) is 45.6 Å². The molecule has 0 bridgehead atoms. The molecule has 1 fully saturated rings. The predicted molar refractivity (Wildman–Crippen MR) is 92.8 cm³/mol. The molecule has 0 spiro atoms. The fourth-order valence-electron chi connectivity index (χ4n) is 2.23. The molecule has 124 valence electrons. The lowest BCUT2D eigenvalue weighted by atomic mass is 10.4. The Kier molecular flexibility index (Phi) is 5.38. The largest absolute Gasteiger partial charge is 0.465 e. The van der Waals surface area contributed by atoms with Gasteiger partial charge in [0.05, 0.1) is 11.5 Å². The first-order chi connectivity index (χ1) is 11.2. The second-order valence-electron chi connectivity index (χ2n) is 5.67. The molecule has 1 aliphatic carbocycles. The number of carbonyl (C=O) groups excluding carboxylic acids is 1. The molecule has 2 aromatic rings. The average Bonchev–Trinajstić information content (AvgIpc) is 3.08. The maximum atomic E-state index is 12.1. The number of aromatic nitrogens is 3. The summed E-state index contributed by atoms with van der Waals surface area (Å²) in [5, 5.41) is 11.3.